The number of H-pyrrole nitrogens is 1. The minimum Gasteiger partial charge on any atom is -0.493 e. The molecule has 1 aliphatic rings. The fourth-order valence-electron chi connectivity index (χ4n) is 4.48. The van der Waals surface area contributed by atoms with Crippen molar-refractivity contribution in [1.82, 2.24) is 24.1 Å². The maximum absolute atomic E-state index is 13.3. The van der Waals surface area contributed by atoms with E-state index in [1.165, 1.54) is 8.99 Å². The number of rotatable bonds is 11. The van der Waals surface area contributed by atoms with Crippen molar-refractivity contribution in [2.45, 2.75) is 44.4 Å². The number of nitrogens with one attached hydrogen (secondary N) is 1. The Morgan fingerprint density at radius 2 is 2.00 bits per heavy atom. The van der Waals surface area contributed by atoms with Crippen LogP contribution in [-0.4, -0.2) is 65.9 Å². The second-order valence-corrected chi connectivity index (χ2v) is 10.8. The molecule has 4 rings (SSSR count). The van der Waals surface area contributed by atoms with E-state index >= 15 is 0 Å². The molecule has 1 saturated heterocycles. The van der Waals surface area contributed by atoms with Crippen LogP contribution in [0.25, 0.3) is 22.4 Å². The smallest absolute Gasteiger partial charge is 0.277 e. The predicted octanol–water partition coefficient (Wildman–Crippen LogP) is 2.72. The number of hydrogen-bond acceptors (Lipinski definition) is 7. The Morgan fingerprint density at radius 3 is 2.69 bits per heavy atom. The number of aryl methyl sites for hydroxylation is 2. The van der Waals surface area contributed by atoms with Crippen molar-refractivity contribution in [2.75, 3.05) is 33.4 Å². The lowest BCUT2D eigenvalue weighted by molar-refractivity contribution is 0.151. The summed E-state index contributed by atoms with van der Waals surface area (Å²) in [5.41, 5.74) is 1.73. The molecule has 11 heteroatoms. The van der Waals surface area contributed by atoms with E-state index in [1.54, 1.807) is 32.4 Å². The molecule has 1 aliphatic heterocycles. The molecule has 10 nitrogen and oxygen atoms in total. The molecule has 0 aliphatic carbocycles. The molecule has 0 radical (unpaired) electrons. The van der Waals surface area contributed by atoms with Gasteiger partial charge in [0.15, 0.2) is 5.52 Å². The highest BCUT2D eigenvalue weighted by Crippen LogP contribution is 2.34. The van der Waals surface area contributed by atoms with Gasteiger partial charge < -0.3 is 14.5 Å². The van der Waals surface area contributed by atoms with Crippen molar-refractivity contribution in [3.05, 3.63) is 34.2 Å². The second-order valence-electron chi connectivity index (χ2n) is 8.85. The van der Waals surface area contributed by atoms with Gasteiger partial charge in [0.25, 0.3) is 5.56 Å². The van der Waals surface area contributed by atoms with Crippen LogP contribution in [0, 0.1) is 5.92 Å². The summed E-state index contributed by atoms with van der Waals surface area (Å²) in [6.45, 7) is 5.93. The van der Waals surface area contributed by atoms with E-state index in [4.69, 9.17) is 14.5 Å². The third kappa shape index (κ3) is 4.98. The minimum absolute atomic E-state index is 0.147. The zero-order valence-electron chi connectivity index (χ0n) is 20.7. The summed E-state index contributed by atoms with van der Waals surface area (Å²) < 4.78 is 40.5. The summed E-state index contributed by atoms with van der Waals surface area (Å²) in [6.07, 6.45) is 3.39. The Hall–Kier alpha value is -2.76. The van der Waals surface area contributed by atoms with Crippen molar-refractivity contribution in [3.8, 4) is 17.1 Å². The average Bonchev–Trinajstić information content (AvgIpc) is 3.11. The summed E-state index contributed by atoms with van der Waals surface area (Å²) in [6, 6.07) is 4.71. The Labute approximate surface area is 205 Å². The first-order valence-electron chi connectivity index (χ1n) is 12.0. The van der Waals surface area contributed by atoms with Crippen LogP contribution in [0.2, 0.25) is 0 Å². The van der Waals surface area contributed by atoms with E-state index in [2.05, 4.69) is 10.1 Å². The summed E-state index contributed by atoms with van der Waals surface area (Å²) >= 11 is 0. The maximum Gasteiger partial charge on any atom is 0.277 e. The van der Waals surface area contributed by atoms with Crippen molar-refractivity contribution in [3.63, 3.8) is 0 Å². The van der Waals surface area contributed by atoms with E-state index < -0.39 is 10.0 Å². The SMILES string of the molecule is CCCc1nn(C)c2c(=O)[nH]c(-c3cc(S(=O)(=O)N4CC(CCCOC)C4)ccc3OCC)nc12. The van der Waals surface area contributed by atoms with Gasteiger partial charge in [-0.2, -0.15) is 9.40 Å². The van der Waals surface area contributed by atoms with Gasteiger partial charge in [0.1, 0.15) is 17.1 Å². The molecule has 1 fully saturated rings. The Kier molecular flexibility index (Phi) is 7.58. The van der Waals surface area contributed by atoms with Crippen LogP contribution in [0.15, 0.2) is 27.9 Å². The van der Waals surface area contributed by atoms with Crippen LogP contribution in [0.1, 0.15) is 38.8 Å². The highest BCUT2D eigenvalue weighted by molar-refractivity contribution is 7.89. The van der Waals surface area contributed by atoms with Gasteiger partial charge in [-0.15, -0.1) is 0 Å². The Balaban J connectivity index is 1.71. The molecule has 3 heterocycles. The number of sulfonamides is 1. The molecule has 0 saturated carbocycles. The standard InChI is InChI=1S/C24H33N5O5S/c1-5-8-19-21-22(28(3)27-19)24(30)26-23(25-21)18-13-17(10-11-20(18)34-6-2)35(31,32)29-14-16(15-29)9-7-12-33-4/h10-11,13,16H,5-9,12,14-15H2,1-4H3,(H,25,26,30). The third-order valence-corrected chi connectivity index (χ3v) is 8.11. The lowest BCUT2D eigenvalue weighted by atomic mass is 9.98. The van der Waals surface area contributed by atoms with Gasteiger partial charge in [-0.05, 0) is 50.3 Å². The molecular weight excluding hydrogens is 470 g/mol. The molecule has 1 aromatic carbocycles. The molecule has 0 spiro atoms. The Morgan fingerprint density at radius 1 is 1.23 bits per heavy atom. The van der Waals surface area contributed by atoms with E-state index in [9.17, 15) is 13.2 Å². The van der Waals surface area contributed by atoms with Crippen LogP contribution in [0.5, 0.6) is 5.75 Å². The van der Waals surface area contributed by atoms with Gasteiger partial charge in [0.2, 0.25) is 10.0 Å². The summed E-state index contributed by atoms with van der Waals surface area (Å²) in [7, 11) is -0.302. The van der Waals surface area contributed by atoms with Gasteiger partial charge in [-0.3, -0.25) is 9.48 Å². The maximum atomic E-state index is 13.3. The number of aromatic amines is 1. The van der Waals surface area contributed by atoms with Crippen LogP contribution >= 0.6 is 0 Å². The first kappa shape index (κ1) is 25.3. The van der Waals surface area contributed by atoms with Crippen molar-refractivity contribution >= 4 is 21.1 Å². The average molecular weight is 504 g/mol. The fourth-order valence-corrected chi connectivity index (χ4v) is 6.10. The number of ether oxygens (including phenoxy) is 2. The monoisotopic (exact) mass is 503 g/mol. The van der Waals surface area contributed by atoms with Crippen LogP contribution < -0.4 is 10.3 Å². The second kappa shape index (κ2) is 10.5. The van der Waals surface area contributed by atoms with E-state index in [-0.39, 0.29) is 16.3 Å². The number of benzene rings is 1. The van der Waals surface area contributed by atoms with Crippen molar-refractivity contribution < 1.29 is 17.9 Å². The number of fused-ring (bicyclic) bond motifs is 1. The zero-order valence-corrected chi connectivity index (χ0v) is 21.5. The number of aromatic nitrogens is 4. The minimum atomic E-state index is -3.68. The fraction of sp³-hybridized carbons (Fsp3) is 0.542. The molecule has 0 unspecified atom stereocenters. The van der Waals surface area contributed by atoms with E-state index in [0.717, 1.165) is 25.0 Å². The summed E-state index contributed by atoms with van der Waals surface area (Å²) in [5, 5.41) is 4.46. The predicted molar refractivity (Wildman–Crippen MR) is 133 cm³/mol. The van der Waals surface area contributed by atoms with Gasteiger partial charge in [0, 0.05) is 33.9 Å². The molecular formula is C24H33N5O5S. The lowest BCUT2D eigenvalue weighted by Crippen LogP contribution is -2.49. The van der Waals surface area contributed by atoms with Gasteiger partial charge in [0.05, 0.1) is 22.8 Å². The largest absolute Gasteiger partial charge is 0.493 e. The zero-order chi connectivity index (χ0) is 25.2. The lowest BCUT2D eigenvalue weighted by Gasteiger charge is -2.38. The summed E-state index contributed by atoms with van der Waals surface area (Å²) in [5.74, 6) is 1.05. The van der Waals surface area contributed by atoms with Crippen LogP contribution in [0.4, 0.5) is 0 Å². The number of hydrogen-bond donors (Lipinski definition) is 1. The van der Waals surface area contributed by atoms with Gasteiger partial charge in [-0.1, -0.05) is 13.3 Å². The first-order valence-corrected chi connectivity index (χ1v) is 13.5. The van der Waals surface area contributed by atoms with Gasteiger partial charge >= 0.3 is 0 Å². The number of methoxy groups -OCH3 is 1. The Bertz CT molecular complexity index is 1360. The molecule has 1 N–H and O–H groups in total. The first-order chi connectivity index (χ1) is 16.8. The third-order valence-electron chi connectivity index (χ3n) is 6.28. The molecule has 3 aromatic rings. The van der Waals surface area contributed by atoms with Crippen molar-refractivity contribution in [1.29, 1.82) is 0 Å². The molecule has 0 bridgehead atoms. The van der Waals surface area contributed by atoms with E-state index in [1.807, 2.05) is 13.8 Å². The van der Waals surface area contributed by atoms with Crippen LogP contribution in [-0.2, 0) is 28.2 Å². The normalized spacial score (nSPS) is 15.0. The molecule has 190 valence electrons. The van der Waals surface area contributed by atoms with E-state index in [0.29, 0.717) is 61.0 Å². The van der Waals surface area contributed by atoms with Gasteiger partial charge in [-0.25, -0.2) is 13.4 Å². The quantitative estimate of drug-likeness (QED) is 0.400. The molecule has 0 amide bonds. The van der Waals surface area contributed by atoms with Crippen molar-refractivity contribution in [2.24, 2.45) is 13.0 Å². The van der Waals surface area contributed by atoms with Crippen LogP contribution in [0.3, 0.4) is 0 Å². The highest BCUT2D eigenvalue weighted by atomic mass is 32.2. The highest BCUT2D eigenvalue weighted by Gasteiger charge is 2.36. The topological polar surface area (TPSA) is 119 Å². The molecule has 0 atom stereocenters. The summed E-state index contributed by atoms with van der Waals surface area (Å²) in [4.78, 5) is 20.6. The number of nitrogens with zero attached hydrogens (tertiary/aromatic N) is 4. The molecule has 35 heavy (non-hydrogen) atoms. The molecule has 2 aromatic heterocycles.